The molecule has 0 aliphatic heterocycles. The topological polar surface area (TPSA) is 38.3 Å². The Morgan fingerprint density at radius 2 is 1.86 bits per heavy atom. The number of anilines is 1. The number of methoxy groups -OCH3 is 1. The Hall–Kier alpha value is -2.29. The third kappa shape index (κ3) is 2.84. The number of benzene rings is 2. The summed E-state index contributed by atoms with van der Waals surface area (Å²) in [5.41, 5.74) is 4.46. The van der Waals surface area contributed by atoms with Crippen LogP contribution in [0.3, 0.4) is 0 Å². The number of ether oxygens (including phenoxy) is 1. The maximum absolute atomic E-state index is 12.4. The van der Waals surface area contributed by atoms with Gasteiger partial charge in [0.15, 0.2) is 0 Å². The molecule has 1 N–H and O–H groups in total. The summed E-state index contributed by atoms with van der Waals surface area (Å²) in [6.45, 7) is 4.10. The Morgan fingerprint density at radius 1 is 1.14 bits per heavy atom. The monoisotopic (exact) mass is 295 g/mol. The summed E-state index contributed by atoms with van der Waals surface area (Å²) < 4.78 is 5.17. The fourth-order valence-electron chi connectivity index (χ4n) is 2.82. The first-order valence-electron chi connectivity index (χ1n) is 7.61. The van der Waals surface area contributed by atoms with Crippen LogP contribution < -0.4 is 10.1 Å². The molecule has 22 heavy (non-hydrogen) atoms. The van der Waals surface area contributed by atoms with Crippen molar-refractivity contribution in [2.45, 2.75) is 26.2 Å². The Morgan fingerprint density at radius 3 is 2.55 bits per heavy atom. The van der Waals surface area contributed by atoms with E-state index in [9.17, 15) is 4.79 Å². The average Bonchev–Trinajstić information content (AvgIpc) is 3.32. The fourth-order valence-corrected chi connectivity index (χ4v) is 2.82. The minimum absolute atomic E-state index is 0.0771. The van der Waals surface area contributed by atoms with Crippen LogP contribution in [0.4, 0.5) is 5.69 Å². The van der Waals surface area contributed by atoms with E-state index in [2.05, 4.69) is 30.4 Å². The Bertz CT molecular complexity index is 691. The van der Waals surface area contributed by atoms with E-state index in [4.69, 9.17) is 4.74 Å². The van der Waals surface area contributed by atoms with E-state index in [-0.39, 0.29) is 11.8 Å². The van der Waals surface area contributed by atoms with Crippen molar-refractivity contribution in [2.24, 2.45) is 5.92 Å². The molecule has 0 saturated heterocycles. The van der Waals surface area contributed by atoms with Gasteiger partial charge in [-0.15, -0.1) is 0 Å². The van der Waals surface area contributed by atoms with Crippen LogP contribution in [0.25, 0.3) is 0 Å². The number of nitrogens with one attached hydrogen (secondary N) is 1. The quantitative estimate of drug-likeness (QED) is 0.924. The van der Waals surface area contributed by atoms with Crippen molar-refractivity contribution >= 4 is 11.6 Å². The van der Waals surface area contributed by atoms with Crippen LogP contribution in [0.2, 0.25) is 0 Å². The molecule has 3 nitrogen and oxygen atoms in total. The maximum atomic E-state index is 12.4. The normalized spacial score (nSPS) is 19.6. The van der Waals surface area contributed by atoms with Crippen LogP contribution in [0.15, 0.2) is 42.5 Å². The number of carbonyl (C=O) groups excluding carboxylic acids is 1. The highest BCUT2D eigenvalue weighted by molar-refractivity contribution is 5.96. The maximum Gasteiger partial charge on any atom is 0.228 e. The van der Waals surface area contributed by atoms with Crippen molar-refractivity contribution in [1.29, 1.82) is 0 Å². The zero-order chi connectivity index (χ0) is 15.7. The SMILES string of the molecule is COc1ccc(C2CC2C(=O)Nc2cccc(C)c2C)cc1. The zero-order valence-corrected chi connectivity index (χ0v) is 13.2. The first kappa shape index (κ1) is 14.6. The average molecular weight is 295 g/mol. The summed E-state index contributed by atoms with van der Waals surface area (Å²) in [6, 6.07) is 14.0. The van der Waals surface area contributed by atoms with Crippen LogP contribution in [-0.4, -0.2) is 13.0 Å². The highest BCUT2D eigenvalue weighted by Crippen LogP contribution is 2.48. The minimum Gasteiger partial charge on any atom is -0.497 e. The zero-order valence-electron chi connectivity index (χ0n) is 13.2. The fraction of sp³-hybridized carbons (Fsp3) is 0.316. The van der Waals surface area contributed by atoms with E-state index in [1.807, 2.05) is 31.2 Å². The summed E-state index contributed by atoms with van der Waals surface area (Å²) in [7, 11) is 1.66. The molecule has 1 saturated carbocycles. The molecule has 2 unspecified atom stereocenters. The second-order valence-electron chi connectivity index (χ2n) is 5.96. The smallest absolute Gasteiger partial charge is 0.228 e. The first-order valence-corrected chi connectivity index (χ1v) is 7.61. The van der Waals surface area contributed by atoms with Gasteiger partial charge in [-0.2, -0.15) is 0 Å². The lowest BCUT2D eigenvalue weighted by Crippen LogP contribution is -2.15. The summed E-state index contributed by atoms with van der Waals surface area (Å²) >= 11 is 0. The molecule has 0 heterocycles. The second-order valence-corrected chi connectivity index (χ2v) is 5.96. The van der Waals surface area contributed by atoms with E-state index >= 15 is 0 Å². The first-order chi connectivity index (χ1) is 10.6. The lowest BCUT2D eigenvalue weighted by atomic mass is 10.1. The number of carbonyl (C=O) groups is 1. The van der Waals surface area contributed by atoms with Crippen LogP contribution >= 0.6 is 0 Å². The van der Waals surface area contributed by atoms with E-state index in [1.165, 1.54) is 11.1 Å². The van der Waals surface area contributed by atoms with Gasteiger partial charge in [0.25, 0.3) is 0 Å². The van der Waals surface area contributed by atoms with E-state index < -0.39 is 0 Å². The molecule has 3 rings (SSSR count). The number of hydrogen-bond donors (Lipinski definition) is 1. The summed E-state index contributed by atoms with van der Waals surface area (Å²) in [5, 5.41) is 3.07. The lowest BCUT2D eigenvalue weighted by molar-refractivity contribution is -0.117. The molecule has 2 atom stereocenters. The van der Waals surface area contributed by atoms with Crippen molar-refractivity contribution in [3.63, 3.8) is 0 Å². The predicted molar refractivity (Wildman–Crippen MR) is 88.4 cm³/mol. The van der Waals surface area contributed by atoms with E-state index in [1.54, 1.807) is 7.11 Å². The standard InChI is InChI=1S/C19H21NO2/c1-12-5-4-6-18(13(12)2)20-19(21)17-11-16(17)14-7-9-15(22-3)10-8-14/h4-10,16-17H,11H2,1-3H3,(H,20,21). The minimum atomic E-state index is 0.0771. The highest BCUT2D eigenvalue weighted by Gasteiger charge is 2.43. The molecule has 1 aliphatic rings. The van der Waals surface area contributed by atoms with Crippen molar-refractivity contribution < 1.29 is 9.53 Å². The lowest BCUT2D eigenvalue weighted by Gasteiger charge is -2.10. The van der Waals surface area contributed by atoms with Gasteiger partial charge in [-0.1, -0.05) is 24.3 Å². The summed E-state index contributed by atoms with van der Waals surface area (Å²) in [6.07, 6.45) is 0.920. The second kappa shape index (κ2) is 5.84. The molecule has 0 bridgehead atoms. The number of rotatable bonds is 4. The number of amides is 1. The molecule has 0 aromatic heterocycles. The van der Waals surface area contributed by atoms with Crippen LogP contribution in [0.5, 0.6) is 5.75 Å². The van der Waals surface area contributed by atoms with Crippen LogP contribution in [0, 0.1) is 19.8 Å². The molecule has 0 radical (unpaired) electrons. The molecule has 2 aromatic carbocycles. The van der Waals surface area contributed by atoms with Crippen LogP contribution in [0.1, 0.15) is 29.0 Å². The Labute approximate surface area is 131 Å². The predicted octanol–water partition coefficient (Wildman–Crippen LogP) is 4.05. The Kier molecular flexibility index (Phi) is 3.88. The molecule has 114 valence electrons. The van der Waals surface area contributed by atoms with Gasteiger partial charge in [-0.3, -0.25) is 4.79 Å². The van der Waals surface area contributed by atoms with Crippen LogP contribution in [-0.2, 0) is 4.79 Å². The molecule has 1 amide bonds. The molecule has 1 aliphatic carbocycles. The van der Waals surface area contributed by atoms with Gasteiger partial charge in [0, 0.05) is 11.6 Å². The molecular formula is C19H21NO2. The largest absolute Gasteiger partial charge is 0.497 e. The van der Waals surface area contributed by atoms with E-state index in [0.717, 1.165) is 23.4 Å². The molecule has 1 fully saturated rings. The molecular weight excluding hydrogens is 274 g/mol. The third-order valence-corrected chi connectivity index (χ3v) is 4.53. The molecule has 3 heteroatoms. The van der Waals surface area contributed by atoms with Gasteiger partial charge >= 0.3 is 0 Å². The molecule has 0 spiro atoms. The van der Waals surface area contributed by atoms with Crippen molar-refractivity contribution in [3.8, 4) is 5.75 Å². The third-order valence-electron chi connectivity index (χ3n) is 4.53. The van der Waals surface area contributed by atoms with Gasteiger partial charge in [0.2, 0.25) is 5.91 Å². The van der Waals surface area contributed by atoms with Gasteiger partial charge in [0.05, 0.1) is 7.11 Å². The number of hydrogen-bond acceptors (Lipinski definition) is 2. The van der Waals surface area contributed by atoms with Gasteiger partial charge in [-0.25, -0.2) is 0 Å². The van der Waals surface area contributed by atoms with Crippen molar-refractivity contribution in [1.82, 2.24) is 0 Å². The van der Waals surface area contributed by atoms with Gasteiger partial charge < -0.3 is 10.1 Å². The summed E-state index contributed by atoms with van der Waals surface area (Å²) in [5.74, 6) is 1.37. The number of aryl methyl sites for hydroxylation is 1. The van der Waals surface area contributed by atoms with Crippen molar-refractivity contribution in [2.75, 3.05) is 12.4 Å². The summed E-state index contributed by atoms with van der Waals surface area (Å²) in [4.78, 5) is 12.4. The molecule has 2 aromatic rings. The highest BCUT2D eigenvalue weighted by atomic mass is 16.5. The van der Waals surface area contributed by atoms with E-state index in [0.29, 0.717) is 5.92 Å². The van der Waals surface area contributed by atoms with Crippen molar-refractivity contribution in [3.05, 3.63) is 59.2 Å². The van der Waals surface area contributed by atoms with Gasteiger partial charge in [-0.05, 0) is 61.1 Å². The Balaban J connectivity index is 1.66. The van der Waals surface area contributed by atoms with Gasteiger partial charge in [0.1, 0.15) is 5.75 Å².